The normalized spacial score (nSPS) is 14.3. The van der Waals surface area contributed by atoms with E-state index in [2.05, 4.69) is 43.0 Å². The highest BCUT2D eigenvalue weighted by Crippen LogP contribution is 2.56. The van der Waals surface area contributed by atoms with Gasteiger partial charge in [-0.3, -0.25) is 4.98 Å². The fraction of sp³-hybridized carbons (Fsp3) is 0.214. The zero-order valence-corrected chi connectivity index (χ0v) is 20.3. The van der Waals surface area contributed by atoms with Gasteiger partial charge in [0, 0.05) is 29.5 Å². The van der Waals surface area contributed by atoms with Gasteiger partial charge in [-0.05, 0) is 66.9 Å². The SMILES string of the molecule is COc1cc2c(cc1Nc1ncc(C#N)c(Nc3ccc(OCc4ccccn4)cc3)n1)NCC21CC1. The van der Waals surface area contributed by atoms with E-state index in [9.17, 15) is 5.26 Å². The Kier molecular flexibility index (Phi) is 5.69. The number of rotatable bonds is 8. The van der Waals surface area contributed by atoms with Crippen LogP contribution in [0.4, 0.5) is 28.8 Å². The highest BCUT2D eigenvalue weighted by molar-refractivity contribution is 5.76. The van der Waals surface area contributed by atoms with E-state index >= 15 is 0 Å². The minimum atomic E-state index is 0.266. The van der Waals surface area contributed by atoms with Crippen LogP contribution >= 0.6 is 0 Å². The van der Waals surface area contributed by atoms with Gasteiger partial charge in [-0.15, -0.1) is 0 Å². The lowest BCUT2D eigenvalue weighted by Crippen LogP contribution is -2.08. The van der Waals surface area contributed by atoms with Gasteiger partial charge in [0.25, 0.3) is 0 Å². The Balaban J connectivity index is 1.18. The molecule has 4 aromatic rings. The number of anilines is 5. The predicted octanol–water partition coefficient (Wildman–Crippen LogP) is 5.28. The summed E-state index contributed by atoms with van der Waals surface area (Å²) >= 11 is 0. The molecule has 2 aromatic heterocycles. The molecule has 3 N–H and O–H groups in total. The number of aromatic nitrogens is 3. The molecular weight excluding hydrogens is 466 g/mol. The number of fused-ring (bicyclic) bond motifs is 2. The second-order valence-corrected chi connectivity index (χ2v) is 9.18. The average Bonchev–Trinajstić information content (AvgIpc) is 3.65. The lowest BCUT2D eigenvalue weighted by atomic mass is 9.98. The van der Waals surface area contributed by atoms with Crippen LogP contribution in [0.1, 0.15) is 29.7 Å². The van der Waals surface area contributed by atoms with Gasteiger partial charge in [0.15, 0.2) is 5.82 Å². The van der Waals surface area contributed by atoms with E-state index in [0.717, 1.165) is 35.1 Å². The molecule has 0 bridgehead atoms. The first-order valence-corrected chi connectivity index (χ1v) is 12.1. The van der Waals surface area contributed by atoms with E-state index in [1.54, 1.807) is 13.3 Å². The summed E-state index contributed by atoms with van der Waals surface area (Å²) in [4.78, 5) is 13.2. The van der Waals surface area contributed by atoms with Gasteiger partial charge >= 0.3 is 0 Å². The van der Waals surface area contributed by atoms with Crippen LogP contribution in [-0.2, 0) is 12.0 Å². The fourth-order valence-corrected chi connectivity index (χ4v) is 4.54. The molecule has 37 heavy (non-hydrogen) atoms. The molecule has 2 aliphatic rings. The minimum Gasteiger partial charge on any atom is -0.495 e. The topological polar surface area (TPSA) is 117 Å². The van der Waals surface area contributed by atoms with Crippen molar-refractivity contribution in [1.82, 2.24) is 15.0 Å². The zero-order valence-electron chi connectivity index (χ0n) is 20.3. The molecule has 1 aliphatic heterocycles. The number of methoxy groups -OCH3 is 1. The lowest BCUT2D eigenvalue weighted by Gasteiger charge is -2.15. The Morgan fingerprint density at radius 1 is 1.08 bits per heavy atom. The molecule has 9 nitrogen and oxygen atoms in total. The molecule has 1 spiro atoms. The molecule has 1 fully saturated rings. The number of ether oxygens (including phenoxy) is 2. The van der Waals surface area contributed by atoms with Crippen LogP contribution in [0.2, 0.25) is 0 Å². The predicted molar refractivity (Wildman–Crippen MR) is 141 cm³/mol. The van der Waals surface area contributed by atoms with E-state index in [1.165, 1.54) is 24.6 Å². The van der Waals surface area contributed by atoms with Gasteiger partial charge in [-0.2, -0.15) is 10.2 Å². The summed E-state index contributed by atoms with van der Waals surface area (Å²) in [6.45, 7) is 1.35. The summed E-state index contributed by atoms with van der Waals surface area (Å²) in [5.41, 5.74) is 5.40. The third-order valence-electron chi connectivity index (χ3n) is 6.77. The van der Waals surface area contributed by atoms with Crippen molar-refractivity contribution >= 4 is 28.8 Å². The molecule has 3 heterocycles. The van der Waals surface area contributed by atoms with Gasteiger partial charge in [0.1, 0.15) is 29.7 Å². The third-order valence-corrected chi connectivity index (χ3v) is 6.77. The first-order chi connectivity index (χ1) is 18.2. The number of nitrogens with one attached hydrogen (secondary N) is 3. The Bertz CT molecular complexity index is 1480. The van der Waals surface area contributed by atoms with E-state index in [0.29, 0.717) is 29.7 Å². The maximum Gasteiger partial charge on any atom is 0.229 e. The standard InChI is InChI=1S/C28H25N7O2/c1-36-25-12-22-23(32-17-28(22)9-10-28)13-24(25)34-27-31-15-18(14-29)26(35-27)33-19-5-7-21(8-6-19)37-16-20-4-2-3-11-30-20/h2-8,11-13,15,32H,9-10,16-17H2,1H3,(H2,31,33,34,35). The maximum absolute atomic E-state index is 9.60. The molecule has 0 atom stereocenters. The van der Waals surface area contributed by atoms with Crippen molar-refractivity contribution in [2.75, 3.05) is 29.6 Å². The second-order valence-electron chi connectivity index (χ2n) is 9.18. The average molecular weight is 492 g/mol. The first-order valence-electron chi connectivity index (χ1n) is 12.1. The van der Waals surface area contributed by atoms with Gasteiger partial charge in [0.05, 0.1) is 24.7 Å². The second kappa shape index (κ2) is 9.32. The van der Waals surface area contributed by atoms with Crippen LogP contribution in [0.5, 0.6) is 11.5 Å². The van der Waals surface area contributed by atoms with Gasteiger partial charge in [-0.1, -0.05) is 6.07 Å². The van der Waals surface area contributed by atoms with Crippen LogP contribution in [0.3, 0.4) is 0 Å². The zero-order chi connectivity index (χ0) is 25.2. The Morgan fingerprint density at radius 3 is 2.68 bits per heavy atom. The number of nitrogens with zero attached hydrogens (tertiary/aromatic N) is 4. The van der Waals surface area contributed by atoms with Crippen molar-refractivity contribution in [1.29, 1.82) is 5.26 Å². The van der Waals surface area contributed by atoms with Crippen molar-refractivity contribution in [2.24, 2.45) is 0 Å². The van der Waals surface area contributed by atoms with E-state index < -0.39 is 0 Å². The number of pyridine rings is 1. The molecule has 2 aromatic carbocycles. The smallest absolute Gasteiger partial charge is 0.229 e. The van der Waals surface area contributed by atoms with E-state index in [1.807, 2.05) is 48.5 Å². The number of benzene rings is 2. The number of nitriles is 1. The Labute approximate surface area is 214 Å². The summed E-state index contributed by atoms with van der Waals surface area (Å²) < 4.78 is 11.5. The summed E-state index contributed by atoms with van der Waals surface area (Å²) in [7, 11) is 1.66. The van der Waals surface area contributed by atoms with Crippen molar-refractivity contribution in [2.45, 2.75) is 24.9 Å². The van der Waals surface area contributed by atoms with Crippen molar-refractivity contribution < 1.29 is 9.47 Å². The Hall–Kier alpha value is -4.84. The molecule has 1 saturated carbocycles. The minimum absolute atomic E-state index is 0.266. The maximum atomic E-state index is 9.60. The molecule has 1 aliphatic carbocycles. The molecule has 184 valence electrons. The lowest BCUT2D eigenvalue weighted by molar-refractivity contribution is 0.301. The number of hydrogen-bond donors (Lipinski definition) is 3. The summed E-state index contributed by atoms with van der Waals surface area (Å²) in [5.74, 6) is 2.20. The summed E-state index contributed by atoms with van der Waals surface area (Å²) in [6.07, 6.45) is 5.64. The van der Waals surface area contributed by atoms with Crippen molar-refractivity contribution in [3.8, 4) is 17.6 Å². The monoisotopic (exact) mass is 491 g/mol. The van der Waals surface area contributed by atoms with E-state index in [-0.39, 0.29) is 5.41 Å². The first kappa shape index (κ1) is 22.6. The van der Waals surface area contributed by atoms with Crippen LogP contribution in [-0.4, -0.2) is 28.6 Å². The largest absolute Gasteiger partial charge is 0.495 e. The fourth-order valence-electron chi connectivity index (χ4n) is 4.54. The molecule has 0 unspecified atom stereocenters. The van der Waals surface area contributed by atoms with Crippen LogP contribution in [0.15, 0.2) is 67.0 Å². The van der Waals surface area contributed by atoms with Gasteiger partial charge in [0.2, 0.25) is 5.95 Å². The third kappa shape index (κ3) is 4.57. The summed E-state index contributed by atoms with van der Waals surface area (Å²) in [6, 6.07) is 19.4. The van der Waals surface area contributed by atoms with Gasteiger partial charge < -0.3 is 25.4 Å². The molecular formula is C28H25N7O2. The van der Waals surface area contributed by atoms with Crippen molar-refractivity contribution in [3.63, 3.8) is 0 Å². The van der Waals surface area contributed by atoms with Crippen molar-refractivity contribution in [3.05, 3.63) is 83.8 Å². The van der Waals surface area contributed by atoms with Crippen LogP contribution in [0.25, 0.3) is 0 Å². The quantitative estimate of drug-likeness (QED) is 0.303. The highest BCUT2D eigenvalue weighted by atomic mass is 16.5. The molecule has 6 rings (SSSR count). The highest BCUT2D eigenvalue weighted by Gasteiger charge is 2.49. The summed E-state index contributed by atoms with van der Waals surface area (Å²) in [5, 5.41) is 19.6. The molecule has 9 heteroatoms. The Morgan fingerprint density at radius 2 is 1.95 bits per heavy atom. The molecule has 0 saturated heterocycles. The molecule has 0 amide bonds. The van der Waals surface area contributed by atoms with Gasteiger partial charge in [-0.25, -0.2) is 4.98 Å². The van der Waals surface area contributed by atoms with Crippen LogP contribution in [0, 0.1) is 11.3 Å². The number of hydrogen-bond acceptors (Lipinski definition) is 9. The van der Waals surface area contributed by atoms with E-state index in [4.69, 9.17) is 9.47 Å². The molecule has 0 radical (unpaired) electrons. The van der Waals surface area contributed by atoms with Crippen LogP contribution < -0.4 is 25.4 Å².